The Labute approximate surface area is 100 Å². The molecule has 0 bridgehead atoms. The number of nitrogens with zero attached hydrogens (tertiary/aromatic N) is 1. The molecular formula is C11H10F4N2O. The van der Waals surface area contributed by atoms with Crippen LogP contribution in [-0.4, -0.2) is 23.6 Å². The van der Waals surface area contributed by atoms with E-state index in [4.69, 9.17) is 0 Å². The van der Waals surface area contributed by atoms with Gasteiger partial charge < -0.3 is 0 Å². The summed E-state index contributed by atoms with van der Waals surface area (Å²) in [4.78, 5) is 11.0. The highest BCUT2D eigenvalue weighted by Crippen LogP contribution is 2.37. The molecule has 0 saturated carbocycles. The van der Waals surface area contributed by atoms with Gasteiger partial charge in [0.05, 0.1) is 0 Å². The van der Waals surface area contributed by atoms with Crippen LogP contribution in [0.15, 0.2) is 24.3 Å². The fourth-order valence-electron chi connectivity index (χ4n) is 1.88. The van der Waals surface area contributed by atoms with Crippen molar-refractivity contribution < 1.29 is 22.4 Å². The largest absolute Gasteiger partial charge is 0.409 e. The Morgan fingerprint density at radius 3 is 2.28 bits per heavy atom. The monoisotopic (exact) mass is 262 g/mol. The molecule has 0 radical (unpaired) electrons. The first-order chi connectivity index (χ1) is 8.38. The smallest absolute Gasteiger partial charge is 0.288 e. The lowest BCUT2D eigenvalue weighted by molar-refractivity contribution is -0.191. The molecule has 1 amide bonds. The van der Waals surface area contributed by atoms with E-state index in [0.717, 1.165) is 29.3 Å². The van der Waals surface area contributed by atoms with E-state index in [1.54, 1.807) is 0 Å². The summed E-state index contributed by atoms with van der Waals surface area (Å²) in [6.07, 6.45) is -4.52. The lowest BCUT2D eigenvalue weighted by Crippen LogP contribution is -2.43. The molecule has 18 heavy (non-hydrogen) atoms. The molecule has 1 aromatic carbocycles. The maximum absolute atomic E-state index is 13.0. The number of hydrogen-bond acceptors (Lipinski definition) is 2. The number of nitrogens with one attached hydrogen (secondary N) is 1. The van der Waals surface area contributed by atoms with Gasteiger partial charge in [0.1, 0.15) is 11.9 Å². The van der Waals surface area contributed by atoms with Gasteiger partial charge in [0, 0.05) is 13.0 Å². The first-order valence-corrected chi connectivity index (χ1v) is 5.26. The van der Waals surface area contributed by atoms with Gasteiger partial charge in [-0.3, -0.25) is 10.2 Å². The second kappa shape index (κ2) is 4.56. The van der Waals surface area contributed by atoms with E-state index in [1.165, 1.54) is 0 Å². The molecule has 1 fully saturated rings. The number of rotatable bonds is 2. The van der Waals surface area contributed by atoms with Crippen LogP contribution in [0.2, 0.25) is 0 Å². The van der Waals surface area contributed by atoms with Crippen LogP contribution in [0.1, 0.15) is 18.0 Å². The minimum Gasteiger partial charge on any atom is -0.288 e. The molecule has 0 spiro atoms. The highest BCUT2D eigenvalue weighted by atomic mass is 19.4. The van der Waals surface area contributed by atoms with Gasteiger partial charge >= 0.3 is 6.18 Å². The van der Waals surface area contributed by atoms with Crippen molar-refractivity contribution in [1.29, 1.82) is 0 Å². The molecule has 1 aromatic rings. The van der Waals surface area contributed by atoms with Crippen LogP contribution in [-0.2, 0) is 4.79 Å². The van der Waals surface area contributed by atoms with E-state index in [1.807, 2.05) is 0 Å². The number of amides is 1. The first-order valence-electron chi connectivity index (χ1n) is 5.26. The summed E-state index contributed by atoms with van der Waals surface area (Å²) < 4.78 is 51.7. The first kappa shape index (κ1) is 12.8. The summed E-state index contributed by atoms with van der Waals surface area (Å²) in [7, 11) is 0. The minimum absolute atomic E-state index is 0.0216. The van der Waals surface area contributed by atoms with E-state index in [-0.39, 0.29) is 18.5 Å². The van der Waals surface area contributed by atoms with Gasteiger partial charge in [0.15, 0.2) is 0 Å². The third-order valence-corrected chi connectivity index (χ3v) is 2.66. The van der Waals surface area contributed by atoms with E-state index in [9.17, 15) is 22.4 Å². The Morgan fingerprint density at radius 1 is 1.22 bits per heavy atom. The number of hydrazine groups is 1. The Hall–Kier alpha value is -1.63. The maximum Gasteiger partial charge on any atom is 0.409 e. The third kappa shape index (κ3) is 2.61. The number of alkyl halides is 3. The normalized spacial score (nSPS) is 18.8. The van der Waals surface area contributed by atoms with Crippen LogP contribution in [0.5, 0.6) is 0 Å². The Kier molecular flexibility index (Phi) is 3.25. The van der Waals surface area contributed by atoms with Crippen molar-refractivity contribution >= 4 is 5.91 Å². The Bertz CT molecular complexity index is 443. The number of carbonyl (C=O) groups is 1. The molecule has 3 nitrogen and oxygen atoms in total. The van der Waals surface area contributed by atoms with Crippen molar-refractivity contribution in [2.75, 3.05) is 6.54 Å². The molecule has 1 atom stereocenters. The SMILES string of the molecule is O=C1CCN([C@@H](c2ccc(F)cc2)C(F)(F)F)N1. The fourth-order valence-corrected chi connectivity index (χ4v) is 1.88. The summed E-state index contributed by atoms with van der Waals surface area (Å²) in [5.74, 6) is -1.06. The van der Waals surface area contributed by atoms with Crippen LogP contribution >= 0.6 is 0 Å². The van der Waals surface area contributed by atoms with Crippen molar-refractivity contribution in [2.45, 2.75) is 18.6 Å². The lowest BCUT2D eigenvalue weighted by Gasteiger charge is -2.29. The van der Waals surface area contributed by atoms with E-state index >= 15 is 0 Å². The molecule has 1 N–H and O–H groups in total. The van der Waals surface area contributed by atoms with Crippen molar-refractivity contribution in [3.8, 4) is 0 Å². The molecule has 7 heteroatoms. The zero-order valence-electron chi connectivity index (χ0n) is 9.17. The van der Waals surface area contributed by atoms with Gasteiger partial charge in [-0.25, -0.2) is 9.40 Å². The van der Waals surface area contributed by atoms with E-state index in [2.05, 4.69) is 5.43 Å². The van der Waals surface area contributed by atoms with Crippen molar-refractivity contribution in [1.82, 2.24) is 10.4 Å². The standard InChI is InChI=1S/C11H10F4N2O/c12-8-3-1-7(2-4-8)10(11(13,14)15)17-6-5-9(18)16-17/h1-4,10H,5-6H2,(H,16,18)/t10-/m0/s1. The zero-order chi connectivity index (χ0) is 13.3. The van der Waals surface area contributed by atoms with Crippen LogP contribution in [0, 0.1) is 5.82 Å². The van der Waals surface area contributed by atoms with Gasteiger partial charge in [-0.1, -0.05) is 12.1 Å². The second-order valence-electron chi connectivity index (χ2n) is 3.97. The number of carbonyl (C=O) groups excluding carboxylic acids is 1. The number of benzene rings is 1. The Balaban J connectivity index is 2.31. The van der Waals surface area contributed by atoms with Gasteiger partial charge in [0.25, 0.3) is 0 Å². The molecule has 1 aliphatic heterocycles. The molecule has 98 valence electrons. The molecule has 0 unspecified atom stereocenters. The summed E-state index contributed by atoms with van der Waals surface area (Å²) in [6, 6.07) is 2.11. The second-order valence-corrected chi connectivity index (χ2v) is 3.97. The number of hydrogen-bond donors (Lipinski definition) is 1. The average molecular weight is 262 g/mol. The third-order valence-electron chi connectivity index (χ3n) is 2.66. The summed E-state index contributed by atoms with van der Waals surface area (Å²) in [5, 5.41) is 0.829. The summed E-state index contributed by atoms with van der Waals surface area (Å²) in [6.45, 7) is -0.0274. The number of halogens is 4. The minimum atomic E-state index is -4.55. The zero-order valence-corrected chi connectivity index (χ0v) is 9.17. The molecular weight excluding hydrogens is 252 g/mol. The topological polar surface area (TPSA) is 32.3 Å². The molecule has 1 saturated heterocycles. The van der Waals surface area contributed by atoms with Crippen LogP contribution in [0.25, 0.3) is 0 Å². The molecule has 1 heterocycles. The Morgan fingerprint density at radius 2 is 1.83 bits per heavy atom. The van der Waals surface area contributed by atoms with Crippen LogP contribution in [0.3, 0.4) is 0 Å². The van der Waals surface area contributed by atoms with Crippen molar-refractivity contribution in [2.24, 2.45) is 0 Å². The van der Waals surface area contributed by atoms with E-state index < -0.39 is 23.9 Å². The van der Waals surface area contributed by atoms with E-state index in [0.29, 0.717) is 0 Å². The molecule has 2 rings (SSSR count). The van der Waals surface area contributed by atoms with Crippen LogP contribution in [0.4, 0.5) is 17.6 Å². The van der Waals surface area contributed by atoms with Crippen molar-refractivity contribution in [3.63, 3.8) is 0 Å². The average Bonchev–Trinajstić information content (AvgIpc) is 2.66. The van der Waals surface area contributed by atoms with Gasteiger partial charge in [0.2, 0.25) is 5.91 Å². The van der Waals surface area contributed by atoms with Gasteiger partial charge in [-0.2, -0.15) is 13.2 Å². The van der Waals surface area contributed by atoms with Crippen LogP contribution < -0.4 is 5.43 Å². The van der Waals surface area contributed by atoms with Gasteiger partial charge in [-0.05, 0) is 17.7 Å². The van der Waals surface area contributed by atoms with Crippen molar-refractivity contribution in [3.05, 3.63) is 35.6 Å². The highest BCUT2D eigenvalue weighted by molar-refractivity contribution is 5.77. The quantitative estimate of drug-likeness (QED) is 0.828. The van der Waals surface area contributed by atoms with Gasteiger partial charge in [-0.15, -0.1) is 0 Å². The molecule has 0 aromatic heterocycles. The predicted octanol–water partition coefficient (Wildman–Crippen LogP) is 2.17. The summed E-state index contributed by atoms with van der Waals surface area (Å²) in [5.41, 5.74) is 2.05. The molecule has 1 aliphatic rings. The lowest BCUT2D eigenvalue weighted by atomic mass is 10.1. The predicted molar refractivity (Wildman–Crippen MR) is 54.7 cm³/mol. The molecule has 0 aliphatic carbocycles. The summed E-state index contributed by atoms with van der Waals surface area (Å²) >= 11 is 0. The highest BCUT2D eigenvalue weighted by Gasteiger charge is 2.46. The maximum atomic E-state index is 13.0. The fraction of sp³-hybridized carbons (Fsp3) is 0.364.